The van der Waals surface area contributed by atoms with Crippen molar-refractivity contribution in [3.8, 4) is 5.75 Å². The fourth-order valence-corrected chi connectivity index (χ4v) is 1.79. The first-order valence-electron chi connectivity index (χ1n) is 5.86. The third-order valence-electron chi connectivity index (χ3n) is 2.99. The standard InChI is InChI=1S/C14H19NO/c1-3-8-16-14-7-5-4-6-12(14)10-15-13-9-11(13)2/h3-7,11,13,15H,1,8-10H2,2H3. The number of hydrogen-bond acceptors (Lipinski definition) is 2. The van der Waals surface area contributed by atoms with Gasteiger partial charge in [0.1, 0.15) is 12.4 Å². The van der Waals surface area contributed by atoms with Crippen molar-refractivity contribution in [2.75, 3.05) is 6.61 Å². The highest BCUT2D eigenvalue weighted by Crippen LogP contribution is 2.29. The number of ether oxygens (including phenoxy) is 1. The molecule has 0 heterocycles. The minimum Gasteiger partial charge on any atom is -0.489 e. The van der Waals surface area contributed by atoms with Gasteiger partial charge in [-0.05, 0) is 18.4 Å². The molecule has 1 N–H and O–H groups in total. The molecule has 0 radical (unpaired) electrons. The van der Waals surface area contributed by atoms with Crippen molar-refractivity contribution >= 4 is 0 Å². The van der Waals surface area contributed by atoms with Crippen molar-refractivity contribution in [1.29, 1.82) is 0 Å². The molecule has 0 bridgehead atoms. The molecule has 0 saturated heterocycles. The summed E-state index contributed by atoms with van der Waals surface area (Å²) in [7, 11) is 0. The Bertz CT molecular complexity index is 362. The average molecular weight is 217 g/mol. The average Bonchev–Trinajstić information content (AvgIpc) is 3.01. The number of benzene rings is 1. The molecule has 1 fully saturated rings. The first-order valence-corrected chi connectivity index (χ1v) is 5.86. The van der Waals surface area contributed by atoms with E-state index in [-0.39, 0.29) is 0 Å². The Kier molecular flexibility index (Phi) is 3.62. The SMILES string of the molecule is C=CCOc1ccccc1CNC1CC1C. The summed E-state index contributed by atoms with van der Waals surface area (Å²) >= 11 is 0. The van der Waals surface area contributed by atoms with E-state index in [0.717, 1.165) is 18.2 Å². The lowest BCUT2D eigenvalue weighted by molar-refractivity contribution is 0.357. The molecule has 1 aromatic rings. The Morgan fingerprint density at radius 3 is 2.94 bits per heavy atom. The highest BCUT2D eigenvalue weighted by atomic mass is 16.5. The van der Waals surface area contributed by atoms with Crippen molar-refractivity contribution in [2.24, 2.45) is 5.92 Å². The lowest BCUT2D eigenvalue weighted by Crippen LogP contribution is -2.17. The monoisotopic (exact) mass is 217 g/mol. The quantitative estimate of drug-likeness (QED) is 0.740. The van der Waals surface area contributed by atoms with E-state index in [1.165, 1.54) is 12.0 Å². The van der Waals surface area contributed by atoms with Crippen molar-refractivity contribution in [2.45, 2.75) is 25.9 Å². The fraction of sp³-hybridized carbons (Fsp3) is 0.429. The van der Waals surface area contributed by atoms with Crippen LogP contribution in [0.15, 0.2) is 36.9 Å². The number of nitrogens with one attached hydrogen (secondary N) is 1. The molecule has 2 atom stereocenters. The van der Waals surface area contributed by atoms with E-state index in [1.54, 1.807) is 6.08 Å². The minimum absolute atomic E-state index is 0.566. The zero-order valence-electron chi connectivity index (χ0n) is 9.78. The van der Waals surface area contributed by atoms with Gasteiger partial charge in [-0.3, -0.25) is 0 Å². The number of hydrogen-bond donors (Lipinski definition) is 1. The van der Waals surface area contributed by atoms with Crippen LogP contribution in [0.1, 0.15) is 18.9 Å². The van der Waals surface area contributed by atoms with Gasteiger partial charge in [-0.2, -0.15) is 0 Å². The molecule has 2 heteroatoms. The van der Waals surface area contributed by atoms with E-state index >= 15 is 0 Å². The largest absolute Gasteiger partial charge is 0.489 e. The molecule has 2 unspecified atom stereocenters. The van der Waals surface area contributed by atoms with E-state index in [0.29, 0.717) is 12.6 Å². The van der Waals surface area contributed by atoms with Gasteiger partial charge in [-0.15, -0.1) is 0 Å². The van der Waals surface area contributed by atoms with Crippen LogP contribution in [-0.4, -0.2) is 12.6 Å². The predicted molar refractivity (Wildman–Crippen MR) is 66.5 cm³/mol. The fourth-order valence-electron chi connectivity index (χ4n) is 1.79. The number of para-hydroxylation sites is 1. The Morgan fingerprint density at radius 1 is 1.50 bits per heavy atom. The van der Waals surface area contributed by atoms with Gasteiger partial charge < -0.3 is 10.1 Å². The van der Waals surface area contributed by atoms with Crippen molar-refractivity contribution in [3.05, 3.63) is 42.5 Å². The maximum Gasteiger partial charge on any atom is 0.124 e. The van der Waals surface area contributed by atoms with E-state index in [9.17, 15) is 0 Å². The van der Waals surface area contributed by atoms with Crippen molar-refractivity contribution < 1.29 is 4.74 Å². The molecule has 1 aromatic carbocycles. The van der Waals surface area contributed by atoms with Gasteiger partial charge in [0, 0.05) is 18.2 Å². The van der Waals surface area contributed by atoms with Gasteiger partial charge in [-0.25, -0.2) is 0 Å². The van der Waals surface area contributed by atoms with E-state index in [1.807, 2.05) is 18.2 Å². The molecule has 0 aromatic heterocycles. The summed E-state index contributed by atoms with van der Waals surface area (Å²) in [5.74, 6) is 1.80. The maximum absolute atomic E-state index is 5.61. The van der Waals surface area contributed by atoms with Gasteiger partial charge in [0.05, 0.1) is 0 Å². The topological polar surface area (TPSA) is 21.3 Å². The summed E-state index contributed by atoms with van der Waals surface area (Å²) in [6, 6.07) is 8.87. The van der Waals surface area contributed by atoms with E-state index in [4.69, 9.17) is 4.74 Å². The van der Waals surface area contributed by atoms with Gasteiger partial charge in [0.25, 0.3) is 0 Å². The summed E-state index contributed by atoms with van der Waals surface area (Å²) in [6.45, 7) is 7.39. The summed E-state index contributed by atoms with van der Waals surface area (Å²) in [5, 5.41) is 3.53. The molecule has 16 heavy (non-hydrogen) atoms. The second kappa shape index (κ2) is 5.17. The van der Waals surface area contributed by atoms with Crippen LogP contribution in [0.5, 0.6) is 5.75 Å². The van der Waals surface area contributed by atoms with Gasteiger partial charge in [0.15, 0.2) is 0 Å². The van der Waals surface area contributed by atoms with Gasteiger partial charge in [-0.1, -0.05) is 37.8 Å². The maximum atomic E-state index is 5.61. The Hall–Kier alpha value is -1.28. The highest BCUT2D eigenvalue weighted by Gasteiger charge is 2.31. The molecule has 0 spiro atoms. The highest BCUT2D eigenvalue weighted by molar-refractivity contribution is 5.33. The predicted octanol–water partition coefficient (Wildman–Crippen LogP) is 2.75. The lowest BCUT2D eigenvalue weighted by Gasteiger charge is -2.10. The molecule has 86 valence electrons. The Balaban J connectivity index is 1.92. The van der Waals surface area contributed by atoms with Crippen LogP contribution in [0.4, 0.5) is 0 Å². The van der Waals surface area contributed by atoms with Crippen molar-refractivity contribution in [1.82, 2.24) is 5.32 Å². The van der Waals surface area contributed by atoms with Crippen LogP contribution < -0.4 is 10.1 Å². The van der Waals surface area contributed by atoms with Crippen LogP contribution >= 0.6 is 0 Å². The second-order valence-electron chi connectivity index (χ2n) is 4.41. The molecule has 2 nitrogen and oxygen atoms in total. The minimum atomic E-state index is 0.566. The zero-order chi connectivity index (χ0) is 11.4. The van der Waals surface area contributed by atoms with Crippen LogP contribution in [0, 0.1) is 5.92 Å². The van der Waals surface area contributed by atoms with Crippen LogP contribution in [-0.2, 0) is 6.54 Å². The summed E-state index contributed by atoms with van der Waals surface area (Å²) in [6.07, 6.45) is 3.07. The molecule has 1 aliphatic rings. The van der Waals surface area contributed by atoms with Crippen LogP contribution in [0.3, 0.4) is 0 Å². The summed E-state index contributed by atoms with van der Waals surface area (Å²) < 4.78 is 5.61. The van der Waals surface area contributed by atoms with Crippen molar-refractivity contribution in [3.63, 3.8) is 0 Å². The Morgan fingerprint density at radius 2 is 2.25 bits per heavy atom. The summed E-state index contributed by atoms with van der Waals surface area (Å²) in [4.78, 5) is 0. The zero-order valence-corrected chi connectivity index (χ0v) is 9.78. The first-order chi connectivity index (χ1) is 7.81. The lowest BCUT2D eigenvalue weighted by atomic mass is 10.2. The smallest absolute Gasteiger partial charge is 0.124 e. The van der Waals surface area contributed by atoms with Crippen LogP contribution in [0.2, 0.25) is 0 Å². The third kappa shape index (κ3) is 2.86. The molecule has 1 aliphatic carbocycles. The third-order valence-corrected chi connectivity index (χ3v) is 2.99. The van der Waals surface area contributed by atoms with Gasteiger partial charge >= 0.3 is 0 Å². The molecule has 2 rings (SSSR count). The molecule has 1 saturated carbocycles. The second-order valence-corrected chi connectivity index (χ2v) is 4.41. The Labute approximate surface area is 97.3 Å². The van der Waals surface area contributed by atoms with E-state index in [2.05, 4.69) is 24.9 Å². The molecule has 0 amide bonds. The first kappa shape index (κ1) is 11.2. The normalized spacial score (nSPS) is 22.8. The molecule has 0 aliphatic heterocycles. The molecular weight excluding hydrogens is 198 g/mol. The molecular formula is C14H19NO. The number of rotatable bonds is 6. The van der Waals surface area contributed by atoms with Gasteiger partial charge in [0.2, 0.25) is 0 Å². The van der Waals surface area contributed by atoms with Crippen LogP contribution in [0.25, 0.3) is 0 Å². The van der Waals surface area contributed by atoms with E-state index < -0.39 is 0 Å². The summed E-state index contributed by atoms with van der Waals surface area (Å²) in [5.41, 5.74) is 1.23.